The molecule has 124 valence electrons. The number of carbonyl (C=O) groups is 1. The maximum Gasteiger partial charge on any atom is 0.181 e. The van der Waals surface area contributed by atoms with Crippen LogP contribution in [0.25, 0.3) is 11.3 Å². The Morgan fingerprint density at radius 1 is 1.33 bits per heavy atom. The summed E-state index contributed by atoms with van der Waals surface area (Å²) < 4.78 is 1.90. The quantitative estimate of drug-likeness (QED) is 0.714. The van der Waals surface area contributed by atoms with Crippen molar-refractivity contribution in [1.82, 2.24) is 9.78 Å². The molecule has 24 heavy (non-hydrogen) atoms. The van der Waals surface area contributed by atoms with Gasteiger partial charge in [-0.1, -0.05) is 19.1 Å². The van der Waals surface area contributed by atoms with Crippen LogP contribution in [0.1, 0.15) is 80.0 Å². The van der Waals surface area contributed by atoms with E-state index in [1.54, 1.807) is 0 Å². The van der Waals surface area contributed by atoms with Gasteiger partial charge in [-0.05, 0) is 51.2 Å². The van der Waals surface area contributed by atoms with Crippen LogP contribution in [0, 0.1) is 11.3 Å². The van der Waals surface area contributed by atoms with E-state index < -0.39 is 0 Å². The first-order valence-corrected chi connectivity index (χ1v) is 8.73. The van der Waals surface area contributed by atoms with E-state index in [-0.39, 0.29) is 11.8 Å². The Morgan fingerprint density at radius 3 is 2.50 bits per heavy atom. The monoisotopic (exact) mass is 321 g/mol. The van der Waals surface area contributed by atoms with Crippen molar-refractivity contribution in [2.24, 2.45) is 0 Å². The second-order valence-electron chi connectivity index (χ2n) is 6.79. The number of carbonyl (C=O) groups excluding carboxylic acids is 1. The van der Waals surface area contributed by atoms with Crippen molar-refractivity contribution >= 4 is 5.78 Å². The van der Waals surface area contributed by atoms with Gasteiger partial charge >= 0.3 is 0 Å². The van der Waals surface area contributed by atoms with Gasteiger partial charge in [0, 0.05) is 23.6 Å². The summed E-state index contributed by atoms with van der Waals surface area (Å²) in [6.07, 6.45) is 3.66. The number of nitriles is 1. The smallest absolute Gasteiger partial charge is 0.181 e. The van der Waals surface area contributed by atoms with Crippen LogP contribution >= 0.6 is 0 Å². The molecule has 0 bridgehead atoms. The van der Waals surface area contributed by atoms with Crippen LogP contribution in [0.3, 0.4) is 0 Å². The highest BCUT2D eigenvalue weighted by Gasteiger charge is 2.35. The number of aromatic nitrogens is 2. The molecule has 1 aliphatic carbocycles. The van der Waals surface area contributed by atoms with Crippen LogP contribution in [0.2, 0.25) is 0 Å². The van der Waals surface area contributed by atoms with Gasteiger partial charge in [0.25, 0.3) is 0 Å². The molecule has 0 atom stereocenters. The third-order valence-electron chi connectivity index (χ3n) is 4.45. The van der Waals surface area contributed by atoms with Crippen molar-refractivity contribution in [3.8, 4) is 17.3 Å². The zero-order valence-electron chi connectivity index (χ0n) is 14.5. The molecule has 1 heterocycles. The zero-order chi connectivity index (χ0) is 17.3. The molecule has 3 rings (SSSR count). The maximum absolute atomic E-state index is 12.8. The third-order valence-corrected chi connectivity index (χ3v) is 4.45. The third kappa shape index (κ3) is 2.99. The van der Waals surface area contributed by atoms with Crippen LogP contribution in [0.15, 0.2) is 24.3 Å². The Morgan fingerprint density at radius 2 is 2.00 bits per heavy atom. The molecule has 0 radical (unpaired) electrons. The first-order valence-electron chi connectivity index (χ1n) is 8.73. The fourth-order valence-electron chi connectivity index (χ4n) is 3.12. The van der Waals surface area contributed by atoms with Gasteiger partial charge in [-0.3, -0.25) is 9.48 Å². The number of benzene rings is 1. The topological polar surface area (TPSA) is 58.7 Å². The number of rotatable bonds is 6. The van der Waals surface area contributed by atoms with Gasteiger partial charge in [0.05, 0.1) is 17.3 Å². The molecule has 4 nitrogen and oxygen atoms in total. The van der Waals surface area contributed by atoms with Crippen molar-refractivity contribution in [2.45, 2.75) is 58.4 Å². The van der Waals surface area contributed by atoms with E-state index in [0.29, 0.717) is 17.9 Å². The van der Waals surface area contributed by atoms with Crippen molar-refractivity contribution in [2.75, 3.05) is 0 Å². The molecule has 1 aliphatic rings. The Hall–Kier alpha value is -2.41. The lowest BCUT2D eigenvalue weighted by Crippen LogP contribution is -2.13. The van der Waals surface area contributed by atoms with Crippen LogP contribution in [0.4, 0.5) is 0 Å². The molecule has 4 heteroatoms. The lowest BCUT2D eigenvalue weighted by Gasteiger charge is -2.11. The van der Waals surface area contributed by atoms with Gasteiger partial charge in [-0.15, -0.1) is 0 Å². The molecule has 1 fully saturated rings. The van der Waals surface area contributed by atoms with Gasteiger partial charge in [0.2, 0.25) is 0 Å². The molecule has 1 saturated carbocycles. The van der Waals surface area contributed by atoms with E-state index in [0.717, 1.165) is 41.8 Å². The standard InChI is InChI=1S/C20H23N3O/c1-4-5-17(24)20-18(15-10-11-15)19(22-23(20)13(2)3)16-8-6-14(12-21)7-9-16/h6-9,13,15H,4-5,10-11H2,1-3H3. The van der Waals surface area contributed by atoms with Crippen molar-refractivity contribution in [3.63, 3.8) is 0 Å². The van der Waals surface area contributed by atoms with Crippen LogP contribution in [-0.4, -0.2) is 15.6 Å². The molecule has 1 aromatic carbocycles. The maximum atomic E-state index is 12.8. The van der Waals surface area contributed by atoms with Gasteiger partial charge in [-0.25, -0.2) is 0 Å². The summed E-state index contributed by atoms with van der Waals surface area (Å²) >= 11 is 0. The van der Waals surface area contributed by atoms with Gasteiger partial charge < -0.3 is 0 Å². The Labute approximate surface area is 143 Å². The van der Waals surface area contributed by atoms with E-state index in [4.69, 9.17) is 10.4 Å². The number of hydrogen-bond donors (Lipinski definition) is 0. The summed E-state index contributed by atoms with van der Waals surface area (Å²) in [7, 11) is 0. The molecular formula is C20H23N3O. The molecule has 0 saturated heterocycles. The minimum atomic E-state index is 0.144. The Bertz CT molecular complexity index is 790. The minimum absolute atomic E-state index is 0.144. The van der Waals surface area contributed by atoms with E-state index in [9.17, 15) is 4.79 Å². The highest BCUT2D eigenvalue weighted by molar-refractivity contribution is 5.98. The van der Waals surface area contributed by atoms with E-state index in [2.05, 4.69) is 19.9 Å². The van der Waals surface area contributed by atoms with Crippen LogP contribution < -0.4 is 0 Å². The fourth-order valence-corrected chi connectivity index (χ4v) is 3.12. The van der Waals surface area contributed by atoms with Gasteiger partial charge in [0.1, 0.15) is 5.69 Å². The summed E-state index contributed by atoms with van der Waals surface area (Å²) in [6, 6.07) is 9.79. The summed E-state index contributed by atoms with van der Waals surface area (Å²) in [6.45, 7) is 6.16. The second kappa shape index (κ2) is 6.60. The SMILES string of the molecule is CCCC(=O)c1c(C2CC2)c(-c2ccc(C#N)cc2)nn1C(C)C. The normalized spacial score (nSPS) is 14.0. The van der Waals surface area contributed by atoms with Crippen LogP contribution in [-0.2, 0) is 0 Å². The lowest BCUT2D eigenvalue weighted by molar-refractivity contribution is 0.0968. The molecular weight excluding hydrogens is 298 g/mol. The number of hydrogen-bond acceptors (Lipinski definition) is 3. The zero-order valence-corrected chi connectivity index (χ0v) is 14.5. The van der Waals surface area contributed by atoms with Crippen molar-refractivity contribution < 1.29 is 4.79 Å². The average Bonchev–Trinajstić information content (AvgIpc) is 3.34. The van der Waals surface area contributed by atoms with Crippen molar-refractivity contribution in [3.05, 3.63) is 41.1 Å². The minimum Gasteiger partial charge on any atom is -0.292 e. The molecule has 0 unspecified atom stereocenters. The Kier molecular flexibility index (Phi) is 4.53. The summed E-state index contributed by atoms with van der Waals surface area (Å²) in [5.74, 6) is 0.638. The second-order valence-corrected chi connectivity index (χ2v) is 6.79. The number of ketones is 1. The molecule has 0 amide bonds. The highest BCUT2D eigenvalue weighted by Crippen LogP contribution is 2.46. The number of Topliss-reactive ketones (excluding diaryl/α,β-unsaturated/α-hetero) is 1. The molecule has 2 aromatic rings. The van der Waals surface area contributed by atoms with E-state index >= 15 is 0 Å². The van der Waals surface area contributed by atoms with Crippen LogP contribution in [0.5, 0.6) is 0 Å². The molecule has 1 aromatic heterocycles. The average molecular weight is 321 g/mol. The first kappa shape index (κ1) is 16.4. The summed E-state index contributed by atoms with van der Waals surface area (Å²) in [4.78, 5) is 12.8. The number of nitrogens with zero attached hydrogens (tertiary/aromatic N) is 3. The largest absolute Gasteiger partial charge is 0.292 e. The lowest BCUT2D eigenvalue weighted by atomic mass is 9.98. The first-order chi connectivity index (χ1) is 11.6. The van der Waals surface area contributed by atoms with E-state index in [1.807, 2.05) is 35.9 Å². The van der Waals surface area contributed by atoms with Gasteiger partial charge in [-0.2, -0.15) is 10.4 Å². The van der Waals surface area contributed by atoms with E-state index in [1.165, 1.54) is 0 Å². The molecule has 0 spiro atoms. The molecule has 0 N–H and O–H groups in total. The Balaban J connectivity index is 2.16. The predicted octanol–water partition coefficient (Wildman–Crippen LogP) is 4.86. The highest BCUT2D eigenvalue weighted by atomic mass is 16.1. The van der Waals surface area contributed by atoms with Gasteiger partial charge in [0.15, 0.2) is 5.78 Å². The molecule has 0 aliphatic heterocycles. The summed E-state index contributed by atoms with van der Waals surface area (Å²) in [5, 5.41) is 13.8. The fraction of sp³-hybridized carbons (Fsp3) is 0.450. The summed E-state index contributed by atoms with van der Waals surface area (Å²) in [5.41, 5.74) is 4.45. The predicted molar refractivity (Wildman–Crippen MR) is 94.0 cm³/mol. The van der Waals surface area contributed by atoms with Crippen molar-refractivity contribution in [1.29, 1.82) is 5.26 Å².